The zero-order valence-corrected chi connectivity index (χ0v) is 16.2. The number of hydrogen-bond acceptors (Lipinski definition) is 4. The number of aliphatic hydroxyl groups excluding tert-OH is 1. The van der Waals surface area contributed by atoms with Crippen LogP contribution in [0.2, 0.25) is 0 Å². The molecule has 7 heteroatoms. The van der Waals surface area contributed by atoms with Crippen LogP contribution in [0.25, 0.3) is 0 Å². The van der Waals surface area contributed by atoms with Crippen LogP contribution in [0.4, 0.5) is 4.39 Å². The second-order valence-corrected chi connectivity index (χ2v) is 6.79. The smallest absolute Gasteiger partial charge is 0.255 e. The van der Waals surface area contributed by atoms with Crippen LogP contribution < -0.4 is 0 Å². The van der Waals surface area contributed by atoms with E-state index in [2.05, 4.69) is 21.9 Å². The second kappa shape index (κ2) is 9.13. The van der Waals surface area contributed by atoms with Crippen LogP contribution >= 0.6 is 0 Å². The third-order valence-electron chi connectivity index (χ3n) is 4.23. The highest BCUT2D eigenvalue weighted by Crippen LogP contribution is 2.10. The van der Waals surface area contributed by atoms with Gasteiger partial charge in [-0.3, -0.25) is 14.5 Å². The fourth-order valence-electron chi connectivity index (χ4n) is 2.88. The molecule has 0 spiro atoms. The average molecular weight is 392 g/mol. The topological polar surface area (TPSA) is 71.2 Å². The van der Waals surface area contributed by atoms with Gasteiger partial charge in [-0.2, -0.15) is 5.10 Å². The standard InChI is InChI=1S/C22H21FN4O2/c1-26(15-21(28)10-16-4-3-5-20(23)9-16)22(29)19-8-17(11-24-13-19)6-7-18-12-25-27(2)14-18/h3-5,8-9,11-14,21,28H,10,15H2,1-2H3. The Kier molecular flexibility index (Phi) is 6.37. The van der Waals surface area contributed by atoms with Crippen LogP contribution in [0, 0.1) is 17.7 Å². The first-order valence-corrected chi connectivity index (χ1v) is 9.04. The van der Waals surface area contributed by atoms with Gasteiger partial charge in [0, 0.05) is 51.2 Å². The number of aryl methyl sites for hydroxylation is 1. The summed E-state index contributed by atoms with van der Waals surface area (Å²) in [7, 11) is 3.41. The van der Waals surface area contributed by atoms with Crippen molar-refractivity contribution in [2.75, 3.05) is 13.6 Å². The zero-order chi connectivity index (χ0) is 20.8. The number of likely N-dealkylation sites (N-methyl/N-ethyl adjacent to an activating group) is 1. The van der Waals surface area contributed by atoms with E-state index in [0.717, 1.165) is 5.56 Å². The summed E-state index contributed by atoms with van der Waals surface area (Å²) >= 11 is 0. The Morgan fingerprint density at radius 1 is 1.24 bits per heavy atom. The van der Waals surface area contributed by atoms with Gasteiger partial charge in [-0.25, -0.2) is 4.39 Å². The highest BCUT2D eigenvalue weighted by atomic mass is 19.1. The number of hydrogen-bond donors (Lipinski definition) is 1. The molecule has 6 nitrogen and oxygen atoms in total. The summed E-state index contributed by atoms with van der Waals surface area (Å²) in [6.07, 6.45) is 5.94. The fourth-order valence-corrected chi connectivity index (χ4v) is 2.88. The molecular formula is C22H21FN4O2. The van der Waals surface area contributed by atoms with Crippen LogP contribution in [-0.4, -0.2) is 50.4 Å². The molecule has 148 valence electrons. The van der Waals surface area contributed by atoms with E-state index in [1.165, 1.54) is 23.2 Å². The van der Waals surface area contributed by atoms with Gasteiger partial charge >= 0.3 is 0 Å². The number of benzene rings is 1. The molecule has 1 unspecified atom stereocenters. The number of carbonyl (C=O) groups is 1. The molecule has 1 aromatic carbocycles. The van der Waals surface area contributed by atoms with Gasteiger partial charge in [-0.05, 0) is 23.8 Å². The van der Waals surface area contributed by atoms with Crippen molar-refractivity contribution in [1.29, 1.82) is 0 Å². The Morgan fingerprint density at radius 2 is 2.03 bits per heavy atom. The van der Waals surface area contributed by atoms with Gasteiger partial charge in [0.2, 0.25) is 0 Å². The van der Waals surface area contributed by atoms with E-state index in [-0.39, 0.29) is 24.7 Å². The Morgan fingerprint density at radius 3 is 2.76 bits per heavy atom. The molecule has 0 radical (unpaired) electrons. The lowest BCUT2D eigenvalue weighted by atomic mass is 10.1. The van der Waals surface area contributed by atoms with Crippen molar-refractivity contribution in [3.05, 3.63) is 83.2 Å². The van der Waals surface area contributed by atoms with E-state index >= 15 is 0 Å². The summed E-state index contributed by atoms with van der Waals surface area (Å²) in [6, 6.07) is 7.72. The number of halogens is 1. The molecule has 1 atom stereocenters. The van der Waals surface area contributed by atoms with Gasteiger partial charge < -0.3 is 10.0 Å². The molecule has 2 heterocycles. The Labute approximate surface area is 168 Å². The van der Waals surface area contributed by atoms with E-state index in [4.69, 9.17) is 0 Å². The lowest BCUT2D eigenvalue weighted by molar-refractivity contribution is 0.0681. The van der Waals surface area contributed by atoms with Crippen LogP contribution in [0.3, 0.4) is 0 Å². The molecule has 0 aliphatic heterocycles. The van der Waals surface area contributed by atoms with Gasteiger partial charge in [0.25, 0.3) is 5.91 Å². The monoisotopic (exact) mass is 392 g/mol. The predicted octanol–water partition coefficient (Wildman–Crippen LogP) is 2.03. The number of amides is 1. The molecule has 3 aromatic rings. The predicted molar refractivity (Wildman–Crippen MR) is 106 cm³/mol. The third kappa shape index (κ3) is 5.74. The van der Waals surface area contributed by atoms with Crippen molar-refractivity contribution in [2.45, 2.75) is 12.5 Å². The second-order valence-electron chi connectivity index (χ2n) is 6.79. The maximum absolute atomic E-state index is 13.3. The molecule has 0 aliphatic rings. The number of pyridine rings is 1. The lowest BCUT2D eigenvalue weighted by Gasteiger charge is -2.21. The minimum absolute atomic E-state index is 0.112. The summed E-state index contributed by atoms with van der Waals surface area (Å²) in [6.45, 7) is 0.112. The van der Waals surface area contributed by atoms with Crippen LogP contribution in [0.1, 0.15) is 27.0 Å². The van der Waals surface area contributed by atoms with Gasteiger partial charge in [0.15, 0.2) is 0 Å². The summed E-state index contributed by atoms with van der Waals surface area (Å²) in [5, 5.41) is 14.3. The quantitative estimate of drug-likeness (QED) is 0.675. The average Bonchev–Trinajstić information content (AvgIpc) is 3.11. The largest absolute Gasteiger partial charge is 0.391 e. The summed E-state index contributed by atoms with van der Waals surface area (Å²) in [4.78, 5) is 18.2. The van der Waals surface area contributed by atoms with E-state index in [9.17, 15) is 14.3 Å². The summed E-state index contributed by atoms with van der Waals surface area (Å²) in [5.41, 5.74) is 2.42. The third-order valence-corrected chi connectivity index (χ3v) is 4.23. The SMILES string of the molecule is CN(CC(O)Cc1cccc(F)c1)C(=O)c1cncc(C#Cc2cnn(C)c2)c1. The normalized spacial score (nSPS) is 11.4. The maximum Gasteiger partial charge on any atom is 0.255 e. The van der Waals surface area contributed by atoms with E-state index in [1.807, 2.05) is 7.05 Å². The Balaban J connectivity index is 1.64. The van der Waals surface area contributed by atoms with Crippen molar-refractivity contribution in [3.8, 4) is 11.8 Å². The van der Waals surface area contributed by atoms with Crippen molar-refractivity contribution in [1.82, 2.24) is 19.7 Å². The minimum atomic E-state index is -0.813. The number of aromatic nitrogens is 3. The van der Waals surface area contributed by atoms with Gasteiger partial charge in [-0.15, -0.1) is 0 Å². The highest BCUT2D eigenvalue weighted by Gasteiger charge is 2.16. The van der Waals surface area contributed by atoms with Crippen molar-refractivity contribution < 1.29 is 14.3 Å². The van der Waals surface area contributed by atoms with Crippen LogP contribution in [0.5, 0.6) is 0 Å². The van der Waals surface area contributed by atoms with Crippen molar-refractivity contribution in [3.63, 3.8) is 0 Å². The molecule has 0 saturated heterocycles. The van der Waals surface area contributed by atoms with E-state index in [0.29, 0.717) is 16.7 Å². The number of aliphatic hydroxyl groups is 1. The van der Waals surface area contributed by atoms with Gasteiger partial charge in [0.1, 0.15) is 5.82 Å². The Hall–Kier alpha value is -3.50. The molecule has 0 fully saturated rings. The molecule has 0 aliphatic carbocycles. The number of nitrogens with zero attached hydrogens (tertiary/aromatic N) is 4. The molecular weight excluding hydrogens is 371 g/mol. The van der Waals surface area contributed by atoms with E-state index < -0.39 is 6.10 Å². The summed E-state index contributed by atoms with van der Waals surface area (Å²) < 4.78 is 14.9. The molecule has 1 amide bonds. The maximum atomic E-state index is 13.3. The lowest BCUT2D eigenvalue weighted by Crippen LogP contribution is -2.35. The molecule has 2 aromatic heterocycles. The van der Waals surface area contributed by atoms with Gasteiger partial charge in [-0.1, -0.05) is 24.0 Å². The van der Waals surface area contributed by atoms with Crippen molar-refractivity contribution in [2.24, 2.45) is 7.05 Å². The molecule has 0 saturated carbocycles. The van der Waals surface area contributed by atoms with Gasteiger partial charge in [0.05, 0.1) is 23.4 Å². The first-order valence-electron chi connectivity index (χ1n) is 9.04. The van der Waals surface area contributed by atoms with Crippen LogP contribution in [-0.2, 0) is 13.5 Å². The number of carbonyl (C=O) groups excluding carboxylic acids is 1. The van der Waals surface area contributed by atoms with Crippen LogP contribution in [0.15, 0.2) is 55.1 Å². The number of rotatable bonds is 5. The van der Waals surface area contributed by atoms with Crippen molar-refractivity contribution >= 4 is 5.91 Å². The minimum Gasteiger partial charge on any atom is -0.391 e. The Bertz CT molecular complexity index is 1070. The first kappa shape index (κ1) is 20.2. The molecule has 0 bridgehead atoms. The zero-order valence-electron chi connectivity index (χ0n) is 16.2. The molecule has 3 rings (SSSR count). The van der Waals surface area contributed by atoms with E-state index in [1.54, 1.807) is 48.5 Å². The first-order chi connectivity index (χ1) is 13.9. The molecule has 1 N–H and O–H groups in total. The fraction of sp³-hybridized carbons (Fsp3) is 0.227. The summed E-state index contributed by atoms with van der Waals surface area (Å²) in [5.74, 6) is 5.31. The molecule has 29 heavy (non-hydrogen) atoms. The highest BCUT2D eigenvalue weighted by molar-refractivity contribution is 5.94.